The van der Waals surface area contributed by atoms with Gasteiger partial charge in [0.1, 0.15) is 4.21 Å². The van der Waals surface area contributed by atoms with E-state index in [4.69, 9.17) is 0 Å². The molecule has 0 spiro atoms. The highest BCUT2D eigenvalue weighted by Gasteiger charge is 2.13. The summed E-state index contributed by atoms with van der Waals surface area (Å²) in [6, 6.07) is 3.43. The van der Waals surface area contributed by atoms with Crippen molar-refractivity contribution in [3.8, 4) is 0 Å². The second-order valence-corrected chi connectivity index (χ2v) is 6.60. The Morgan fingerprint density at radius 3 is 2.27 bits per heavy atom. The van der Waals surface area contributed by atoms with Gasteiger partial charge in [0, 0.05) is 0 Å². The predicted molar refractivity (Wildman–Crippen MR) is 67.2 cm³/mol. The van der Waals surface area contributed by atoms with E-state index in [1.54, 1.807) is 17.5 Å². The highest BCUT2D eigenvalue weighted by molar-refractivity contribution is 7.93. The second-order valence-electron chi connectivity index (χ2n) is 3.31. The Morgan fingerprint density at radius 2 is 1.87 bits per heavy atom. The first kappa shape index (κ1) is 14.6. The van der Waals surface area contributed by atoms with Gasteiger partial charge in [-0.2, -0.15) is 0 Å². The Balaban J connectivity index is 0.000000583. The molecule has 1 aromatic heterocycles. The second kappa shape index (κ2) is 7.88. The molecule has 1 heterocycles. The van der Waals surface area contributed by atoms with Crippen molar-refractivity contribution in [3.05, 3.63) is 17.5 Å². The highest BCUT2D eigenvalue weighted by atomic mass is 32.2. The van der Waals surface area contributed by atoms with E-state index in [9.17, 15) is 8.42 Å². The fourth-order valence-corrected chi connectivity index (χ4v) is 3.48. The van der Waals surface area contributed by atoms with Crippen LogP contribution in [0.15, 0.2) is 21.7 Å². The molecule has 0 aliphatic rings. The molecule has 0 aliphatic heterocycles. The van der Waals surface area contributed by atoms with Gasteiger partial charge in [0.15, 0.2) is 9.84 Å². The van der Waals surface area contributed by atoms with Crippen LogP contribution in [0.1, 0.15) is 40.0 Å². The maximum absolute atomic E-state index is 11.5. The Kier molecular flexibility index (Phi) is 7.70. The first-order valence-corrected chi connectivity index (χ1v) is 7.87. The molecule has 0 fully saturated rings. The van der Waals surface area contributed by atoms with Crippen LogP contribution in [0.3, 0.4) is 0 Å². The van der Waals surface area contributed by atoms with Gasteiger partial charge in [0.2, 0.25) is 0 Å². The van der Waals surface area contributed by atoms with Gasteiger partial charge in [-0.15, -0.1) is 11.3 Å². The van der Waals surface area contributed by atoms with Crippen molar-refractivity contribution >= 4 is 21.2 Å². The molecule has 0 unspecified atom stereocenters. The number of sulfone groups is 1. The molecule has 0 aromatic carbocycles. The van der Waals surface area contributed by atoms with Crippen molar-refractivity contribution in [3.63, 3.8) is 0 Å². The van der Waals surface area contributed by atoms with Gasteiger partial charge in [-0.1, -0.05) is 39.7 Å². The normalized spacial score (nSPS) is 10.6. The summed E-state index contributed by atoms with van der Waals surface area (Å²) in [5, 5.41) is 1.79. The summed E-state index contributed by atoms with van der Waals surface area (Å²) in [4.78, 5) is 0. The third-order valence-corrected chi connectivity index (χ3v) is 4.86. The van der Waals surface area contributed by atoms with Crippen molar-refractivity contribution in [2.45, 2.75) is 44.2 Å². The maximum Gasteiger partial charge on any atom is 0.187 e. The zero-order valence-corrected chi connectivity index (χ0v) is 11.3. The SMILES string of the molecule is CCC.CCCCS(=O)(=O)c1cccs1. The van der Waals surface area contributed by atoms with Crippen molar-refractivity contribution in [1.82, 2.24) is 0 Å². The quantitative estimate of drug-likeness (QED) is 0.813. The first-order valence-electron chi connectivity index (χ1n) is 5.34. The third kappa shape index (κ3) is 5.95. The number of hydrogen-bond acceptors (Lipinski definition) is 3. The van der Waals surface area contributed by atoms with Gasteiger partial charge < -0.3 is 0 Å². The third-order valence-electron chi connectivity index (χ3n) is 1.57. The molecule has 0 radical (unpaired) electrons. The van der Waals surface area contributed by atoms with Crippen LogP contribution in [0.4, 0.5) is 0 Å². The van der Waals surface area contributed by atoms with Crippen LogP contribution in [0.25, 0.3) is 0 Å². The van der Waals surface area contributed by atoms with Crippen LogP contribution >= 0.6 is 11.3 Å². The molecular weight excluding hydrogens is 228 g/mol. The molecule has 1 rings (SSSR count). The molecule has 15 heavy (non-hydrogen) atoms. The number of rotatable bonds is 4. The molecule has 0 saturated carbocycles. The minimum Gasteiger partial charge on any atom is -0.223 e. The fraction of sp³-hybridized carbons (Fsp3) is 0.636. The van der Waals surface area contributed by atoms with Gasteiger partial charge in [-0.05, 0) is 17.9 Å². The van der Waals surface area contributed by atoms with Crippen LogP contribution in [0.2, 0.25) is 0 Å². The standard InChI is InChI=1S/C8H12O2S2.C3H8/c1-2-3-7-12(9,10)8-5-4-6-11-8;1-3-2/h4-6H,2-3,7H2,1H3;3H2,1-2H3. The van der Waals surface area contributed by atoms with E-state index >= 15 is 0 Å². The molecular formula is C11H20O2S2. The van der Waals surface area contributed by atoms with E-state index in [0.29, 0.717) is 4.21 Å². The zero-order chi connectivity index (χ0) is 11.7. The minimum atomic E-state index is -2.96. The lowest BCUT2D eigenvalue weighted by atomic mass is 10.4. The van der Waals surface area contributed by atoms with Crippen molar-refractivity contribution in [2.75, 3.05) is 5.75 Å². The summed E-state index contributed by atoms with van der Waals surface area (Å²) in [5.41, 5.74) is 0. The minimum absolute atomic E-state index is 0.282. The summed E-state index contributed by atoms with van der Waals surface area (Å²) < 4.78 is 23.4. The predicted octanol–water partition coefficient (Wildman–Crippen LogP) is 3.74. The van der Waals surface area contributed by atoms with E-state index in [1.807, 2.05) is 6.92 Å². The Morgan fingerprint density at radius 1 is 1.27 bits per heavy atom. The molecule has 2 nitrogen and oxygen atoms in total. The first-order chi connectivity index (χ1) is 7.08. The van der Waals surface area contributed by atoms with Crippen LogP contribution in [-0.2, 0) is 9.84 Å². The van der Waals surface area contributed by atoms with Gasteiger partial charge >= 0.3 is 0 Å². The van der Waals surface area contributed by atoms with Gasteiger partial charge in [0.25, 0.3) is 0 Å². The summed E-state index contributed by atoms with van der Waals surface area (Å²) in [5.74, 6) is 0.282. The lowest BCUT2D eigenvalue weighted by Crippen LogP contribution is -2.04. The van der Waals surface area contributed by atoms with Crippen molar-refractivity contribution in [2.24, 2.45) is 0 Å². The summed E-state index contributed by atoms with van der Waals surface area (Å²) in [7, 11) is -2.96. The lowest BCUT2D eigenvalue weighted by molar-refractivity contribution is 0.594. The van der Waals surface area contributed by atoms with E-state index < -0.39 is 9.84 Å². The van der Waals surface area contributed by atoms with Gasteiger partial charge in [0.05, 0.1) is 5.75 Å². The Hall–Kier alpha value is -0.350. The monoisotopic (exact) mass is 248 g/mol. The highest BCUT2D eigenvalue weighted by Crippen LogP contribution is 2.18. The maximum atomic E-state index is 11.5. The number of thiophene rings is 1. The molecule has 88 valence electrons. The van der Waals surface area contributed by atoms with E-state index in [-0.39, 0.29) is 5.75 Å². The number of unbranched alkanes of at least 4 members (excludes halogenated alkanes) is 1. The zero-order valence-electron chi connectivity index (χ0n) is 9.69. The van der Waals surface area contributed by atoms with Crippen LogP contribution in [0.5, 0.6) is 0 Å². The van der Waals surface area contributed by atoms with Crippen molar-refractivity contribution < 1.29 is 8.42 Å². The molecule has 0 bridgehead atoms. The molecule has 0 aliphatic carbocycles. The van der Waals surface area contributed by atoms with Crippen LogP contribution in [-0.4, -0.2) is 14.2 Å². The summed E-state index contributed by atoms with van der Waals surface area (Å²) in [6.45, 7) is 6.24. The van der Waals surface area contributed by atoms with Gasteiger partial charge in [-0.25, -0.2) is 8.42 Å². The number of hydrogen-bond donors (Lipinski definition) is 0. The molecule has 4 heteroatoms. The Labute approximate surface area is 97.3 Å². The lowest BCUT2D eigenvalue weighted by Gasteiger charge is -1.98. The summed E-state index contributed by atoms with van der Waals surface area (Å²) in [6.07, 6.45) is 2.92. The average Bonchev–Trinajstić information content (AvgIpc) is 2.69. The smallest absolute Gasteiger partial charge is 0.187 e. The van der Waals surface area contributed by atoms with E-state index in [1.165, 1.54) is 17.8 Å². The molecule has 0 atom stereocenters. The molecule has 0 saturated heterocycles. The van der Waals surface area contributed by atoms with E-state index in [2.05, 4.69) is 13.8 Å². The Bertz CT molecular complexity index is 325. The van der Waals surface area contributed by atoms with Crippen molar-refractivity contribution in [1.29, 1.82) is 0 Å². The van der Waals surface area contributed by atoms with E-state index in [0.717, 1.165) is 12.8 Å². The van der Waals surface area contributed by atoms with Crippen LogP contribution in [0, 0.1) is 0 Å². The van der Waals surface area contributed by atoms with Gasteiger partial charge in [-0.3, -0.25) is 0 Å². The fourth-order valence-electron chi connectivity index (χ4n) is 0.875. The summed E-state index contributed by atoms with van der Waals surface area (Å²) >= 11 is 1.29. The average molecular weight is 248 g/mol. The van der Waals surface area contributed by atoms with Crippen LogP contribution < -0.4 is 0 Å². The topological polar surface area (TPSA) is 34.1 Å². The molecule has 1 aromatic rings. The molecule has 0 amide bonds. The largest absolute Gasteiger partial charge is 0.223 e. The molecule has 0 N–H and O–H groups in total.